The second-order valence-corrected chi connectivity index (χ2v) is 9.01. The van der Waals surface area contributed by atoms with Crippen molar-refractivity contribution in [1.82, 2.24) is 24.8 Å². The number of hydrogen-bond donors (Lipinski definition) is 1. The van der Waals surface area contributed by atoms with Gasteiger partial charge >= 0.3 is 0 Å². The van der Waals surface area contributed by atoms with Crippen LogP contribution in [0.15, 0.2) is 54.9 Å². The van der Waals surface area contributed by atoms with Crippen LogP contribution in [0.2, 0.25) is 10.0 Å². The number of benzene rings is 1. The highest BCUT2D eigenvalue weighted by Gasteiger charge is 2.34. The van der Waals surface area contributed by atoms with E-state index in [2.05, 4.69) is 31.9 Å². The zero-order chi connectivity index (χ0) is 20.9. The summed E-state index contributed by atoms with van der Waals surface area (Å²) in [6, 6.07) is 14.6. The molecule has 1 N–H and O–H groups in total. The molecule has 31 heavy (non-hydrogen) atoms. The maximum Gasteiger partial charge on any atom is 0.167 e. The van der Waals surface area contributed by atoms with Crippen molar-refractivity contribution in [3.8, 4) is 17.1 Å². The maximum atomic E-state index is 6.30. The Balaban J connectivity index is 1.55. The van der Waals surface area contributed by atoms with Crippen molar-refractivity contribution in [3.63, 3.8) is 0 Å². The van der Waals surface area contributed by atoms with Crippen LogP contribution < -0.4 is 10.2 Å². The van der Waals surface area contributed by atoms with Crippen molar-refractivity contribution in [2.45, 2.75) is 24.9 Å². The Bertz CT molecular complexity index is 1240. The predicted octanol–water partition coefficient (Wildman–Crippen LogP) is 4.73. The van der Waals surface area contributed by atoms with E-state index in [9.17, 15) is 0 Å². The summed E-state index contributed by atoms with van der Waals surface area (Å²) >= 11 is 12.6. The number of pyridine rings is 2. The first-order valence-electron chi connectivity index (χ1n) is 10.4. The van der Waals surface area contributed by atoms with Crippen LogP contribution in [0.4, 0.5) is 5.82 Å². The zero-order valence-corrected chi connectivity index (χ0v) is 18.2. The number of anilines is 1. The van der Waals surface area contributed by atoms with Gasteiger partial charge in [0.25, 0.3) is 0 Å². The zero-order valence-electron chi connectivity index (χ0n) is 16.7. The fourth-order valence-electron chi connectivity index (χ4n) is 4.71. The van der Waals surface area contributed by atoms with Crippen molar-refractivity contribution < 1.29 is 0 Å². The summed E-state index contributed by atoms with van der Waals surface area (Å²) in [5, 5.41) is 4.75. The molecule has 156 valence electrons. The Morgan fingerprint density at radius 1 is 0.935 bits per heavy atom. The van der Waals surface area contributed by atoms with E-state index in [4.69, 9.17) is 33.2 Å². The minimum absolute atomic E-state index is 0.485. The first-order chi connectivity index (χ1) is 15.2. The molecule has 7 rings (SSSR count). The van der Waals surface area contributed by atoms with Crippen molar-refractivity contribution >= 4 is 40.2 Å². The van der Waals surface area contributed by atoms with E-state index in [1.165, 1.54) is 12.8 Å². The van der Waals surface area contributed by atoms with Crippen LogP contribution in [0.25, 0.3) is 28.2 Å². The molecule has 3 aliphatic heterocycles. The quantitative estimate of drug-likeness (QED) is 0.488. The molecule has 1 aromatic carbocycles. The van der Waals surface area contributed by atoms with Crippen LogP contribution in [0, 0.1) is 0 Å². The summed E-state index contributed by atoms with van der Waals surface area (Å²) in [6.45, 7) is 2.00. The van der Waals surface area contributed by atoms with Crippen molar-refractivity contribution in [1.29, 1.82) is 0 Å². The maximum absolute atomic E-state index is 6.30. The van der Waals surface area contributed by atoms with Crippen LogP contribution in [0.3, 0.4) is 0 Å². The fourth-order valence-corrected chi connectivity index (χ4v) is 5.24. The average molecular weight is 451 g/mol. The van der Waals surface area contributed by atoms with Crippen molar-refractivity contribution in [2.24, 2.45) is 0 Å². The third-order valence-corrected chi connectivity index (χ3v) is 6.61. The number of piperidine rings is 2. The molecule has 8 heteroatoms. The van der Waals surface area contributed by atoms with Crippen LogP contribution in [0.1, 0.15) is 12.8 Å². The number of imidazole rings is 1. The molecule has 6 heterocycles. The number of fused-ring (bicyclic) bond motifs is 4. The molecule has 2 atom stereocenters. The molecule has 3 saturated heterocycles. The van der Waals surface area contributed by atoms with Gasteiger partial charge in [-0.3, -0.25) is 9.55 Å². The van der Waals surface area contributed by atoms with Gasteiger partial charge < -0.3 is 10.2 Å². The van der Waals surface area contributed by atoms with E-state index in [1.54, 1.807) is 18.5 Å². The molecule has 0 aliphatic carbocycles. The van der Waals surface area contributed by atoms with Crippen molar-refractivity contribution in [2.75, 3.05) is 18.0 Å². The molecule has 0 spiro atoms. The highest BCUT2D eigenvalue weighted by atomic mass is 35.5. The van der Waals surface area contributed by atoms with E-state index < -0.39 is 0 Å². The van der Waals surface area contributed by atoms with Crippen LogP contribution in [0.5, 0.6) is 0 Å². The minimum atomic E-state index is 0.485. The van der Waals surface area contributed by atoms with E-state index >= 15 is 0 Å². The molecule has 3 fully saturated rings. The first-order valence-corrected chi connectivity index (χ1v) is 11.2. The predicted molar refractivity (Wildman–Crippen MR) is 124 cm³/mol. The summed E-state index contributed by atoms with van der Waals surface area (Å²) in [4.78, 5) is 16.6. The van der Waals surface area contributed by atoms with E-state index in [-0.39, 0.29) is 0 Å². The highest BCUT2D eigenvalue weighted by molar-refractivity contribution is 6.35. The Hall–Kier alpha value is -2.67. The topological polar surface area (TPSA) is 58.9 Å². The lowest BCUT2D eigenvalue weighted by Gasteiger charge is -2.46. The number of nitrogens with zero attached hydrogens (tertiary/aromatic N) is 5. The van der Waals surface area contributed by atoms with Gasteiger partial charge in [-0.25, -0.2) is 9.97 Å². The van der Waals surface area contributed by atoms with Crippen LogP contribution in [-0.2, 0) is 0 Å². The number of piperazine rings is 1. The van der Waals surface area contributed by atoms with Crippen LogP contribution in [-0.4, -0.2) is 44.7 Å². The van der Waals surface area contributed by atoms with Gasteiger partial charge in [0, 0.05) is 53.2 Å². The number of rotatable bonds is 3. The molecule has 3 aromatic heterocycles. The smallest absolute Gasteiger partial charge is 0.167 e. The minimum Gasteiger partial charge on any atom is -0.351 e. The largest absolute Gasteiger partial charge is 0.351 e. The Morgan fingerprint density at radius 2 is 1.74 bits per heavy atom. The highest BCUT2D eigenvalue weighted by Crippen LogP contribution is 2.33. The second kappa shape index (κ2) is 7.48. The Labute approximate surface area is 189 Å². The molecule has 0 saturated carbocycles. The molecule has 2 bridgehead atoms. The summed E-state index contributed by atoms with van der Waals surface area (Å²) < 4.78 is 2.06. The van der Waals surface area contributed by atoms with Gasteiger partial charge in [-0.1, -0.05) is 23.2 Å². The Kier molecular flexibility index (Phi) is 4.60. The lowest BCUT2D eigenvalue weighted by molar-refractivity contribution is 0.289. The first kappa shape index (κ1) is 19.0. The van der Waals surface area contributed by atoms with Gasteiger partial charge in [-0.05, 0) is 55.3 Å². The SMILES string of the molecule is Clc1cc(Cl)cc(-c2nc3ccc(N4C[C@H]5CC[C@@H]4CN5)nc3n2-c2ccncc2)c1. The van der Waals surface area contributed by atoms with E-state index in [0.717, 1.165) is 47.1 Å². The molecule has 3 aliphatic rings. The number of halogens is 2. The Morgan fingerprint density at radius 3 is 2.42 bits per heavy atom. The number of hydrogen-bond acceptors (Lipinski definition) is 5. The van der Waals surface area contributed by atoms with Crippen LogP contribution >= 0.6 is 23.2 Å². The molecule has 4 aromatic rings. The van der Waals surface area contributed by atoms with Gasteiger partial charge in [0.1, 0.15) is 17.2 Å². The lowest BCUT2D eigenvalue weighted by Crippen LogP contribution is -2.61. The average Bonchev–Trinajstić information content (AvgIpc) is 3.18. The standard InChI is InChI=1S/C23H20Cl2N6/c24-15-9-14(10-16(25)11-15)22-28-20-3-4-21(30-13-17-1-2-19(30)12-27-17)29-23(20)31(22)18-5-7-26-8-6-18/h3-11,17,19,27H,1-2,12-13H2/t17-,19-/m1/s1. The summed E-state index contributed by atoms with van der Waals surface area (Å²) in [6.07, 6.45) is 5.98. The monoisotopic (exact) mass is 450 g/mol. The third-order valence-electron chi connectivity index (χ3n) is 6.17. The van der Waals surface area contributed by atoms with Gasteiger partial charge in [0.05, 0.1) is 5.69 Å². The molecule has 0 radical (unpaired) electrons. The van der Waals surface area contributed by atoms with Gasteiger partial charge in [0.15, 0.2) is 5.65 Å². The van der Waals surface area contributed by atoms with E-state index in [1.807, 2.05) is 24.3 Å². The normalized spacial score (nSPS) is 20.5. The van der Waals surface area contributed by atoms with Gasteiger partial charge in [0.2, 0.25) is 0 Å². The van der Waals surface area contributed by atoms with E-state index in [0.29, 0.717) is 22.1 Å². The number of nitrogens with one attached hydrogen (secondary N) is 1. The molecule has 0 amide bonds. The lowest BCUT2D eigenvalue weighted by atomic mass is 9.93. The summed E-state index contributed by atoms with van der Waals surface area (Å²) in [5.41, 5.74) is 3.42. The second-order valence-electron chi connectivity index (χ2n) is 8.14. The molecule has 0 unspecified atom stereocenters. The van der Waals surface area contributed by atoms with Gasteiger partial charge in [-0.15, -0.1) is 0 Å². The third kappa shape index (κ3) is 3.35. The fraction of sp³-hybridized carbons (Fsp3) is 0.261. The summed E-state index contributed by atoms with van der Waals surface area (Å²) in [5.74, 6) is 1.74. The number of aromatic nitrogens is 4. The van der Waals surface area contributed by atoms with Gasteiger partial charge in [-0.2, -0.15) is 0 Å². The molecular weight excluding hydrogens is 431 g/mol. The summed E-state index contributed by atoms with van der Waals surface area (Å²) in [7, 11) is 0. The molecule has 6 nitrogen and oxygen atoms in total. The molecular formula is C23H20Cl2N6. The van der Waals surface area contributed by atoms with Crippen molar-refractivity contribution in [3.05, 3.63) is 64.9 Å².